The molecular formula is C17H24N2. The van der Waals surface area contributed by atoms with E-state index in [9.17, 15) is 0 Å². The third-order valence-electron chi connectivity index (χ3n) is 4.60. The number of aromatic nitrogens is 1. The van der Waals surface area contributed by atoms with Crippen LogP contribution in [0.4, 0.5) is 0 Å². The summed E-state index contributed by atoms with van der Waals surface area (Å²) in [6.45, 7) is 4.55. The molecule has 1 aliphatic carbocycles. The van der Waals surface area contributed by atoms with Crippen molar-refractivity contribution in [3.05, 3.63) is 36.0 Å². The number of para-hydroxylation sites is 1. The highest BCUT2D eigenvalue weighted by Gasteiger charge is 2.25. The van der Waals surface area contributed by atoms with Gasteiger partial charge in [0.1, 0.15) is 0 Å². The van der Waals surface area contributed by atoms with Gasteiger partial charge < -0.3 is 10.3 Å². The van der Waals surface area contributed by atoms with Gasteiger partial charge in [0.25, 0.3) is 0 Å². The first-order valence-electron chi connectivity index (χ1n) is 7.53. The molecule has 2 aromatic rings. The Kier molecular flexibility index (Phi) is 3.61. The number of aromatic amines is 1. The van der Waals surface area contributed by atoms with Crippen molar-refractivity contribution in [1.82, 2.24) is 10.3 Å². The van der Waals surface area contributed by atoms with Gasteiger partial charge in [-0.1, -0.05) is 44.4 Å². The molecule has 0 unspecified atom stereocenters. The lowest BCUT2D eigenvalue weighted by molar-refractivity contribution is 0.207. The number of rotatable bonds is 4. The number of hydrogen-bond acceptors (Lipinski definition) is 1. The predicted octanol–water partition coefficient (Wildman–Crippen LogP) is 4.23. The molecule has 0 amide bonds. The average molecular weight is 256 g/mol. The molecule has 0 bridgehead atoms. The standard InChI is InChI=1S/C17H24N2/c1-17(9-3-2-4-10-17)13-18-12-15-7-5-6-14-8-11-19-16(14)15/h5-8,11,18-19H,2-4,9-10,12-13H2,1H3. The van der Waals surface area contributed by atoms with Gasteiger partial charge in [0, 0.05) is 24.8 Å². The Morgan fingerprint density at radius 3 is 2.84 bits per heavy atom. The monoisotopic (exact) mass is 256 g/mol. The van der Waals surface area contributed by atoms with Crippen LogP contribution in [-0.4, -0.2) is 11.5 Å². The highest BCUT2D eigenvalue weighted by Crippen LogP contribution is 2.35. The minimum absolute atomic E-state index is 0.516. The van der Waals surface area contributed by atoms with E-state index in [0.717, 1.165) is 13.1 Å². The lowest BCUT2D eigenvalue weighted by Gasteiger charge is -2.33. The molecule has 0 saturated heterocycles. The smallest absolute Gasteiger partial charge is 0.0499 e. The zero-order valence-corrected chi connectivity index (χ0v) is 11.8. The molecule has 3 rings (SSSR count). The molecular weight excluding hydrogens is 232 g/mol. The van der Waals surface area contributed by atoms with Crippen LogP contribution in [-0.2, 0) is 6.54 Å². The molecule has 0 spiro atoms. The van der Waals surface area contributed by atoms with Gasteiger partial charge in [0.15, 0.2) is 0 Å². The summed E-state index contributed by atoms with van der Waals surface area (Å²) in [6, 6.07) is 8.67. The molecule has 0 atom stereocenters. The zero-order chi connectivity index (χ0) is 13.1. The first-order valence-corrected chi connectivity index (χ1v) is 7.53. The first-order chi connectivity index (χ1) is 9.27. The summed E-state index contributed by atoms with van der Waals surface area (Å²) >= 11 is 0. The lowest BCUT2D eigenvalue weighted by Crippen LogP contribution is -2.33. The second kappa shape index (κ2) is 5.38. The summed E-state index contributed by atoms with van der Waals surface area (Å²) < 4.78 is 0. The summed E-state index contributed by atoms with van der Waals surface area (Å²) in [5, 5.41) is 4.98. The molecule has 19 heavy (non-hydrogen) atoms. The quantitative estimate of drug-likeness (QED) is 0.842. The molecule has 1 aliphatic rings. The van der Waals surface area contributed by atoms with Gasteiger partial charge in [-0.2, -0.15) is 0 Å². The minimum Gasteiger partial charge on any atom is -0.361 e. The van der Waals surface area contributed by atoms with Crippen LogP contribution in [0.2, 0.25) is 0 Å². The fourth-order valence-corrected chi connectivity index (χ4v) is 3.38. The molecule has 1 aromatic carbocycles. The van der Waals surface area contributed by atoms with Crippen LogP contribution in [0.3, 0.4) is 0 Å². The number of benzene rings is 1. The van der Waals surface area contributed by atoms with E-state index in [1.807, 2.05) is 6.20 Å². The van der Waals surface area contributed by atoms with Gasteiger partial charge in [0.05, 0.1) is 0 Å². The van der Waals surface area contributed by atoms with Crippen molar-refractivity contribution in [2.45, 2.75) is 45.6 Å². The topological polar surface area (TPSA) is 27.8 Å². The number of H-pyrrole nitrogens is 1. The minimum atomic E-state index is 0.516. The highest BCUT2D eigenvalue weighted by atomic mass is 14.9. The first kappa shape index (κ1) is 12.7. The summed E-state index contributed by atoms with van der Waals surface area (Å²) in [4.78, 5) is 3.35. The van der Waals surface area contributed by atoms with E-state index in [4.69, 9.17) is 0 Å². The Balaban J connectivity index is 1.61. The van der Waals surface area contributed by atoms with E-state index < -0.39 is 0 Å². The SMILES string of the molecule is CC1(CNCc2cccc3cc[nH]c23)CCCCC1. The molecule has 1 aromatic heterocycles. The Bertz CT molecular complexity index is 535. The van der Waals surface area contributed by atoms with E-state index in [2.05, 4.69) is 41.5 Å². The third kappa shape index (κ3) is 2.84. The van der Waals surface area contributed by atoms with E-state index >= 15 is 0 Å². The largest absolute Gasteiger partial charge is 0.361 e. The molecule has 2 heteroatoms. The normalized spacial score (nSPS) is 18.8. The van der Waals surface area contributed by atoms with E-state index in [1.165, 1.54) is 48.6 Å². The lowest BCUT2D eigenvalue weighted by atomic mass is 9.76. The number of nitrogens with one attached hydrogen (secondary N) is 2. The van der Waals surface area contributed by atoms with Gasteiger partial charge in [-0.25, -0.2) is 0 Å². The summed E-state index contributed by atoms with van der Waals surface area (Å²) in [5.74, 6) is 0. The van der Waals surface area contributed by atoms with Crippen molar-refractivity contribution in [2.24, 2.45) is 5.41 Å². The molecule has 0 radical (unpaired) electrons. The van der Waals surface area contributed by atoms with Crippen molar-refractivity contribution in [3.63, 3.8) is 0 Å². The van der Waals surface area contributed by atoms with Gasteiger partial charge in [0.2, 0.25) is 0 Å². The molecule has 102 valence electrons. The van der Waals surface area contributed by atoms with Crippen LogP contribution in [0.25, 0.3) is 10.9 Å². The Morgan fingerprint density at radius 2 is 2.00 bits per heavy atom. The van der Waals surface area contributed by atoms with Crippen molar-refractivity contribution >= 4 is 10.9 Å². The maximum absolute atomic E-state index is 3.67. The average Bonchev–Trinajstić information content (AvgIpc) is 2.88. The van der Waals surface area contributed by atoms with E-state index in [1.54, 1.807) is 0 Å². The third-order valence-corrected chi connectivity index (χ3v) is 4.60. The maximum Gasteiger partial charge on any atom is 0.0499 e. The predicted molar refractivity (Wildman–Crippen MR) is 81.2 cm³/mol. The van der Waals surface area contributed by atoms with Crippen LogP contribution in [0.1, 0.15) is 44.6 Å². The molecule has 2 nitrogen and oxygen atoms in total. The van der Waals surface area contributed by atoms with Gasteiger partial charge >= 0.3 is 0 Å². The van der Waals surface area contributed by atoms with Crippen molar-refractivity contribution < 1.29 is 0 Å². The number of hydrogen-bond donors (Lipinski definition) is 2. The Labute approximate surface area is 115 Å². The Morgan fingerprint density at radius 1 is 1.16 bits per heavy atom. The highest BCUT2D eigenvalue weighted by molar-refractivity contribution is 5.82. The summed E-state index contributed by atoms with van der Waals surface area (Å²) in [5.41, 5.74) is 3.17. The molecule has 2 N–H and O–H groups in total. The van der Waals surface area contributed by atoms with E-state index in [-0.39, 0.29) is 0 Å². The van der Waals surface area contributed by atoms with E-state index in [0.29, 0.717) is 5.41 Å². The van der Waals surface area contributed by atoms with Crippen LogP contribution >= 0.6 is 0 Å². The summed E-state index contributed by atoms with van der Waals surface area (Å²) in [7, 11) is 0. The van der Waals surface area contributed by atoms with Crippen molar-refractivity contribution in [3.8, 4) is 0 Å². The number of fused-ring (bicyclic) bond motifs is 1. The molecule has 1 fully saturated rings. The molecule has 0 aliphatic heterocycles. The van der Waals surface area contributed by atoms with Gasteiger partial charge in [-0.15, -0.1) is 0 Å². The van der Waals surface area contributed by atoms with Crippen molar-refractivity contribution in [1.29, 1.82) is 0 Å². The van der Waals surface area contributed by atoms with Crippen LogP contribution in [0.15, 0.2) is 30.5 Å². The maximum atomic E-state index is 3.67. The van der Waals surface area contributed by atoms with Gasteiger partial charge in [-0.3, -0.25) is 0 Å². The van der Waals surface area contributed by atoms with Crippen molar-refractivity contribution in [2.75, 3.05) is 6.54 Å². The fraction of sp³-hybridized carbons (Fsp3) is 0.529. The van der Waals surface area contributed by atoms with Gasteiger partial charge in [-0.05, 0) is 35.3 Å². The van der Waals surface area contributed by atoms with Crippen LogP contribution in [0, 0.1) is 5.41 Å². The second-order valence-electron chi connectivity index (χ2n) is 6.33. The summed E-state index contributed by atoms with van der Waals surface area (Å²) in [6.07, 6.45) is 9.03. The molecule has 1 saturated carbocycles. The van der Waals surface area contributed by atoms with Crippen LogP contribution < -0.4 is 5.32 Å². The van der Waals surface area contributed by atoms with Crippen LogP contribution in [0.5, 0.6) is 0 Å². The molecule has 1 heterocycles. The fourth-order valence-electron chi connectivity index (χ4n) is 3.38. The Hall–Kier alpha value is -1.28. The zero-order valence-electron chi connectivity index (χ0n) is 11.8. The second-order valence-corrected chi connectivity index (χ2v) is 6.33.